The number of guanidine groups is 1. The van der Waals surface area contributed by atoms with Gasteiger partial charge < -0.3 is 10.6 Å². The van der Waals surface area contributed by atoms with E-state index in [1.807, 2.05) is 0 Å². The first-order valence-corrected chi connectivity index (χ1v) is 7.58. The third-order valence-corrected chi connectivity index (χ3v) is 4.37. The van der Waals surface area contributed by atoms with Gasteiger partial charge in [0, 0.05) is 37.8 Å². The lowest BCUT2D eigenvalue weighted by Gasteiger charge is -2.18. The minimum atomic E-state index is 0. The molecule has 0 aromatic heterocycles. The Bertz CT molecular complexity index is 329. The fourth-order valence-corrected chi connectivity index (χ4v) is 2.86. The summed E-state index contributed by atoms with van der Waals surface area (Å²) in [6, 6.07) is 2.15. The van der Waals surface area contributed by atoms with E-state index in [2.05, 4.69) is 34.4 Å². The highest BCUT2D eigenvalue weighted by Gasteiger charge is 2.36. The Balaban J connectivity index is 0.00000133. The average molecular weight is 378 g/mol. The third-order valence-electron chi connectivity index (χ3n) is 4.37. The van der Waals surface area contributed by atoms with E-state index in [0.717, 1.165) is 24.5 Å². The Hall–Kier alpha value is -0.0400. The van der Waals surface area contributed by atoms with Crippen molar-refractivity contribution < 1.29 is 0 Å². The molecule has 1 heterocycles. The largest absolute Gasteiger partial charge is 0.353 e. The molecule has 3 fully saturated rings. The Morgan fingerprint density at radius 3 is 2.58 bits per heavy atom. The molecule has 19 heavy (non-hydrogen) atoms. The smallest absolute Gasteiger partial charge is 0.191 e. The van der Waals surface area contributed by atoms with Crippen LogP contribution in [0.3, 0.4) is 0 Å². The number of likely N-dealkylation sites (tertiary alicyclic amines) is 1. The van der Waals surface area contributed by atoms with Crippen molar-refractivity contribution in [3.05, 3.63) is 0 Å². The molecule has 0 bridgehead atoms. The standard InChI is InChI=1S/C14H26N4.HI/c1-3-15-14(17-13-8-10(13)2)16-11-6-7-18(9-11)12-4-5-12;/h10-13H,3-9H2,1-2H3,(H2,15,16,17);1H. The van der Waals surface area contributed by atoms with Gasteiger partial charge in [-0.25, -0.2) is 0 Å². The molecule has 1 aliphatic heterocycles. The lowest BCUT2D eigenvalue weighted by molar-refractivity contribution is 0.321. The van der Waals surface area contributed by atoms with E-state index in [-0.39, 0.29) is 24.0 Å². The lowest BCUT2D eigenvalue weighted by Crippen LogP contribution is -2.45. The van der Waals surface area contributed by atoms with Crippen LogP contribution >= 0.6 is 24.0 Å². The van der Waals surface area contributed by atoms with Crippen molar-refractivity contribution in [2.45, 2.75) is 57.7 Å². The van der Waals surface area contributed by atoms with Crippen LogP contribution in [0.1, 0.15) is 39.5 Å². The first-order chi connectivity index (χ1) is 8.76. The van der Waals surface area contributed by atoms with Crippen molar-refractivity contribution >= 4 is 29.9 Å². The summed E-state index contributed by atoms with van der Waals surface area (Å²) < 4.78 is 0. The molecule has 0 aromatic carbocycles. The van der Waals surface area contributed by atoms with Crippen LogP contribution in [0.5, 0.6) is 0 Å². The van der Waals surface area contributed by atoms with Gasteiger partial charge in [-0.1, -0.05) is 6.92 Å². The molecule has 2 aliphatic carbocycles. The summed E-state index contributed by atoms with van der Waals surface area (Å²) in [5.41, 5.74) is 0. The van der Waals surface area contributed by atoms with Gasteiger partial charge in [0.1, 0.15) is 0 Å². The maximum absolute atomic E-state index is 4.56. The Morgan fingerprint density at radius 2 is 2.00 bits per heavy atom. The average Bonchev–Trinajstić information content (AvgIpc) is 3.24. The monoisotopic (exact) mass is 378 g/mol. The van der Waals surface area contributed by atoms with Gasteiger partial charge in [-0.15, -0.1) is 24.0 Å². The molecule has 0 spiro atoms. The highest BCUT2D eigenvalue weighted by atomic mass is 127. The molecule has 4 nitrogen and oxygen atoms in total. The van der Waals surface area contributed by atoms with E-state index >= 15 is 0 Å². The van der Waals surface area contributed by atoms with E-state index in [4.69, 9.17) is 0 Å². The highest BCUT2D eigenvalue weighted by molar-refractivity contribution is 14.0. The van der Waals surface area contributed by atoms with Gasteiger partial charge in [-0.2, -0.15) is 0 Å². The zero-order valence-corrected chi connectivity index (χ0v) is 14.4. The molecule has 3 unspecified atom stereocenters. The van der Waals surface area contributed by atoms with Crippen molar-refractivity contribution in [1.82, 2.24) is 15.5 Å². The fraction of sp³-hybridized carbons (Fsp3) is 0.929. The minimum Gasteiger partial charge on any atom is -0.353 e. The van der Waals surface area contributed by atoms with Crippen molar-refractivity contribution in [3.8, 4) is 0 Å². The molecule has 0 radical (unpaired) electrons. The number of halogens is 1. The van der Waals surface area contributed by atoms with Crippen LogP contribution < -0.4 is 10.6 Å². The van der Waals surface area contributed by atoms with Gasteiger partial charge in [0.15, 0.2) is 5.96 Å². The number of nitrogens with one attached hydrogen (secondary N) is 2. The predicted molar refractivity (Wildman–Crippen MR) is 90.2 cm³/mol. The molecule has 0 aromatic rings. The zero-order valence-electron chi connectivity index (χ0n) is 12.1. The van der Waals surface area contributed by atoms with Crippen LogP contribution in [0.15, 0.2) is 4.99 Å². The van der Waals surface area contributed by atoms with Crippen LogP contribution in [0.25, 0.3) is 0 Å². The summed E-state index contributed by atoms with van der Waals surface area (Å²) in [6.07, 6.45) is 5.39. The topological polar surface area (TPSA) is 39.7 Å². The van der Waals surface area contributed by atoms with Crippen LogP contribution in [-0.2, 0) is 0 Å². The molecule has 2 saturated carbocycles. The van der Waals surface area contributed by atoms with Gasteiger partial charge in [-0.05, 0) is 38.5 Å². The van der Waals surface area contributed by atoms with E-state index in [0.29, 0.717) is 12.1 Å². The van der Waals surface area contributed by atoms with Crippen LogP contribution in [0.2, 0.25) is 0 Å². The lowest BCUT2D eigenvalue weighted by atomic mass is 10.3. The highest BCUT2D eigenvalue weighted by Crippen LogP contribution is 2.30. The maximum Gasteiger partial charge on any atom is 0.191 e. The molecule has 1 saturated heterocycles. The molecule has 3 aliphatic rings. The number of nitrogens with zero attached hydrogens (tertiary/aromatic N) is 2. The van der Waals surface area contributed by atoms with E-state index in [1.54, 1.807) is 0 Å². The summed E-state index contributed by atoms with van der Waals surface area (Å²) in [5.74, 6) is 1.86. The first-order valence-electron chi connectivity index (χ1n) is 7.58. The summed E-state index contributed by atoms with van der Waals surface area (Å²) in [4.78, 5) is 7.20. The maximum atomic E-state index is 4.56. The van der Waals surface area contributed by atoms with Crippen LogP contribution in [-0.4, -0.2) is 48.6 Å². The number of hydrogen-bond acceptors (Lipinski definition) is 2. The van der Waals surface area contributed by atoms with Gasteiger partial charge in [0.25, 0.3) is 0 Å². The molecule has 110 valence electrons. The Morgan fingerprint density at radius 1 is 1.26 bits per heavy atom. The molecule has 2 N–H and O–H groups in total. The van der Waals surface area contributed by atoms with Crippen molar-refractivity contribution in [3.63, 3.8) is 0 Å². The fourth-order valence-electron chi connectivity index (χ4n) is 2.86. The third kappa shape index (κ3) is 4.21. The van der Waals surface area contributed by atoms with E-state index < -0.39 is 0 Å². The molecule has 3 rings (SSSR count). The summed E-state index contributed by atoms with van der Waals surface area (Å²) in [6.45, 7) is 7.73. The molecular formula is C14H27IN4. The van der Waals surface area contributed by atoms with Crippen molar-refractivity contribution in [2.75, 3.05) is 19.6 Å². The summed E-state index contributed by atoms with van der Waals surface area (Å²) in [5, 5.41) is 7.17. The van der Waals surface area contributed by atoms with Crippen molar-refractivity contribution in [1.29, 1.82) is 0 Å². The second kappa shape index (κ2) is 6.61. The SMILES string of the molecule is CCN=C(NC1CCN(C2CC2)C1)NC1CC1C.I. The first kappa shape index (κ1) is 15.4. The Labute approximate surface area is 133 Å². The summed E-state index contributed by atoms with van der Waals surface area (Å²) >= 11 is 0. The van der Waals surface area contributed by atoms with Crippen LogP contribution in [0.4, 0.5) is 0 Å². The van der Waals surface area contributed by atoms with E-state index in [9.17, 15) is 0 Å². The number of rotatable bonds is 4. The zero-order chi connectivity index (χ0) is 12.5. The van der Waals surface area contributed by atoms with Crippen LogP contribution in [0, 0.1) is 5.92 Å². The van der Waals surface area contributed by atoms with Gasteiger partial charge in [0.05, 0.1) is 0 Å². The summed E-state index contributed by atoms with van der Waals surface area (Å²) in [7, 11) is 0. The number of aliphatic imine (C=N–C) groups is 1. The predicted octanol–water partition coefficient (Wildman–Crippen LogP) is 1.80. The quantitative estimate of drug-likeness (QED) is 0.445. The van der Waals surface area contributed by atoms with Gasteiger partial charge >= 0.3 is 0 Å². The second-order valence-corrected chi connectivity index (χ2v) is 6.14. The molecule has 5 heteroatoms. The second-order valence-electron chi connectivity index (χ2n) is 6.14. The minimum absolute atomic E-state index is 0. The molecular weight excluding hydrogens is 351 g/mol. The van der Waals surface area contributed by atoms with Crippen molar-refractivity contribution in [2.24, 2.45) is 10.9 Å². The molecule has 3 atom stereocenters. The normalized spacial score (nSPS) is 34.8. The Kier molecular flexibility index (Phi) is 5.34. The van der Waals surface area contributed by atoms with Gasteiger partial charge in [0.2, 0.25) is 0 Å². The van der Waals surface area contributed by atoms with E-state index in [1.165, 1.54) is 38.8 Å². The number of hydrogen-bond donors (Lipinski definition) is 2. The molecule has 0 amide bonds. The van der Waals surface area contributed by atoms with Gasteiger partial charge in [-0.3, -0.25) is 9.89 Å².